The Balaban J connectivity index is 1.21. The van der Waals surface area contributed by atoms with Gasteiger partial charge in [-0.3, -0.25) is 14.5 Å². The number of nitrogens with zero attached hydrogens (tertiary/aromatic N) is 1. The molecular weight excluding hydrogens is 414 g/mol. The van der Waals surface area contributed by atoms with Crippen molar-refractivity contribution in [3.63, 3.8) is 0 Å². The Morgan fingerprint density at radius 1 is 1.12 bits per heavy atom. The van der Waals surface area contributed by atoms with Crippen molar-refractivity contribution in [2.45, 2.75) is 31.8 Å². The molecule has 32 heavy (non-hydrogen) atoms. The van der Waals surface area contributed by atoms with Gasteiger partial charge in [-0.15, -0.1) is 0 Å². The zero-order chi connectivity index (χ0) is 22.5. The summed E-state index contributed by atoms with van der Waals surface area (Å²) in [5.41, 5.74) is 1.88. The summed E-state index contributed by atoms with van der Waals surface area (Å²) in [6, 6.07) is 11.9. The van der Waals surface area contributed by atoms with Gasteiger partial charge in [-0.05, 0) is 48.2 Å². The molecule has 4 amide bonds. The predicted molar refractivity (Wildman–Crippen MR) is 114 cm³/mol. The summed E-state index contributed by atoms with van der Waals surface area (Å²) in [5, 5.41) is 5.50. The second kappa shape index (κ2) is 9.59. The smallest absolute Gasteiger partial charge is 0.324 e. The van der Waals surface area contributed by atoms with Gasteiger partial charge in [-0.2, -0.15) is 0 Å². The molecule has 2 aromatic carbocycles. The maximum atomic E-state index is 12.6. The normalized spacial score (nSPS) is 16.8. The second-order valence-electron chi connectivity index (χ2n) is 7.59. The number of amides is 4. The van der Waals surface area contributed by atoms with Crippen LogP contribution in [0.25, 0.3) is 0 Å². The van der Waals surface area contributed by atoms with Crippen LogP contribution in [0.5, 0.6) is 17.2 Å². The van der Waals surface area contributed by atoms with Gasteiger partial charge < -0.3 is 24.8 Å². The lowest BCUT2D eigenvalue weighted by Crippen LogP contribution is -2.34. The number of hydrogen-bond donors (Lipinski definition) is 2. The largest absolute Gasteiger partial charge is 0.497 e. The summed E-state index contributed by atoms with van der Waals surface area (Å²) in [6.45, 7) is 0.821. The van der Waals surface area contributed by atoms with E-state index >= 15 is 0 Å². The molecule has 168 valence electrons. The Morgan fingerprint density at radius 3 is 2.66 bits per heavy atom. The van der Waals surface area contributed by atoms with E-state index in [1.165, 1.54) is 4.90 Å². The summed E-state index contributed by atoms with van der Waals surface area (Å²) in [4.78, 5) is 38.3. The quantitative estimate of drug-likeness (QED) is 0.579. The van der Waals surface area contributed by atoms with Crippen LogP contribution in [0.2, 0.25) is 0 Å². The molecule has 2 heterocycles. The van der Waals surface area contributed by atoms with Crippen LogP contribution in [0, 0.1) is 0 Å². The van der Waals surface area contributed by atoms with Crippen molar-refractivity contribution in [3.8, 4) is 17.2 Å². The zero-order valence-electron chi connectivity index (χ0n) is 17.8. The number of imide groups is 1. The number of methoxy groups -OCH3 is 1. The molecule has 0 unspecified atom stereocenters. The van der Waals surface area contributed by atoms with E-state index in [0.29, 0.717) is 24.5 Å². The minimum Gasteiger partial charge on any atom is -0.497 e. The fourth-order valence-corrected chi connectivity index (χ4v) is 3.63. The average Bonchev–Trinajstić information content (AvgIpc) is 3.38. The van der Waals surface area contributed by atoms with Crippen LogP contribution in [-0.4, -0.2) is 49.2 Å². The molecule has 1 atom stereocenters. The Morgan fingerprint density at radius 2 is 1.88 bits per heavy atom. The van der Waals surface area contributed by atoms with Crippen molar-refractivity contribution in [2.75, 3.05) is 20.4 Å². The molecule has 1 saturated heterocycles. The van der Waals surface area contributed by atoms with Gasteiger partial charge in [-0.25, -0.2) is 4.79 Å². The lowest BCUT2D eigenvalue weighted by molar-refractivity contribution is -0.127. The number of carbonyl (C=O) groups is 3. The summed E-state index contributed by atoms with van der Waals surface area (Å²) >= 11 is 0. The predicted octanol–water partition coefficient (Wildman–Crippen LogP) is 1.98. The molecule has 0 bridgehead atoms. The van der Waals surface area contributed by atoms with Crippen molar-refractivity contribution in [3.05, 3.63) is 53.6 Å². The van der Waals surface area contributed by atoms with Gasteiger partial charge in [0.05, 0.1) is 7.11 Å². The number of ether oxygens (including phenoxy) is 3. The number of urea groups is 1. The molecule has 9 heteroatoms. The van der Waals surface area contributed by atoms with Crippen LogP contribution in [0.1, 0.15) is 24.0 Å². The number of nitrogens with one attached hydrogen (secondary N) is 2. The van der Waals surface area contributed by atoms with Crippen LogP contribution < -0.4 is 24.8 Å². The second-order valence-corrected chi connectivity index (χ2v) is 7.59. The highest BCUT2D eigenvalue weighted by atomic mass is 16.7. The van der Waals surface area contributed by atoms with Crippen LogP contribution >= 0.6 is 0 Å². The first kappa shape index (κ1) is 21.5. The Hall–Kier alpha value is -3.75. The van der Waals surface area contributed by atoms with Crippen LogP contribution in [0.4, 0.5) is 4.79 Å². The lowest BCUT2D eigenvalue weighted by Gasteiger charge is -2.13. The molecule has 2 aliphatic rings. The third-order valence-corrected chi connectivity index (χ3v) is 5.48. The third kappa shape index (κ3) is 4.93. The lowest BCUT2D eigenvalue weighted by atomic mass is 10.1. The number of fused-ring (bicyclic) bond motifs is 1. The molecule has 0 aliphatic carbocycles. The van der Waals surface area contributed by atoms with Crippen molar-refractivity contribution < 1.29 is 28.6 Å². The Bertz CT molecular complexity index is 1010. The van der Waals surface area contributed by atoms with Gasteiger partial charge in [0.15, 0.2) is 11.5 Å². The van der Waals surface area contributed by atoms with Gasteiger partial charge >= 0.3 is 6.03 Å². The van der Waals surface area contributed by atoms with E-state index in [1.54, 1.807) is 13.2 Å². The van der Waals surface area contributed by atoms with Gasteiger partial charge in [0.25, 0.3) is 5.91 Å². The molecule has 2 aromatic rings. The zero-order valence-corrected chi connectivity index (χ0v) is 17.8. The molecule has 2 N–H and O–H groups in total. The van der Waals surface area contributed by atoms with Crippen molar-refractivity contribution in [1.82, 2.24) is 15.5 Å². The fraction of sp³-hybridized carbons (Fsp3) is 0.348. The Kier molecular flexibility index (Phi) is 6.44. The first-order valence-electron chi connectivity index (χ1n) is 10.4. The molecule has 1 fully saturated rings. The standard InChI is InChI=1S/C23H25N3O6/c1-30-17-5-2-15(3-6-17)10-11-26-22(28)18(25-23(26)29)7-9-21(27)24-13-16-4-8-19-20(12-16)32-14-31-19/h2-6,8,12,18H,7,9-11,13-14H2,1H3,(H,24,27)(H,25,29)/t18-/m0/s1. The molecule has 0 aromatic heterocycles. The molecule has 0 saturated carbocycles. The maximum Gasteiger partial charge on any atom is 0.324 e. The van der Waals surface area contributed by atoms with Crippen molar-refractivity contribution in [2.24, 2.45) is 0 Å². The number of hydrogen-bond acceptors (Lipinski definition) is 6. The minimum atomic E-state index is -0.685. The van der Waals surface area contributed by atoms with Gasteiger partial charge in [0.1, 0.15) is 11.8 Å². The number of benzene rings is 2. The molecule has 4 rings (SSSR count). The highest BCUT2D eigenvalue weighted by Gasteiger charge is 2.37. The summed E-state index contributed by atoms with van der Waals surface area (Å²) in [5.74, 6) is 1.60. The van der Waals surface area contributed by atoms with Gasteiger partial charge in [0.2, 0.25) is 12.7 Å². The van der Waals surface area contributed by atoms with Gasteiger partial charge in [0, 0.05) is 19.5 Å². The van der Waals surface area contributed by atoms with Crippen LogP contribution in [-0.2, 0) is 22.6 Å². The van der Waals surface area contributed by atoms with E-state index in [-0.39, 0.29) is 38.0 Å². The SMILES string of the molecule is COc1ccc(CCN2C(=O)N[C@@H](CCC(=O)NCc3ccc4c(c3)OCO4)C2=O)cc1. The summed E-state index contributed by atoms with van der Waals surface area (Å²) in [7, 11) is 1.60. The van der Waals surface area contributed by atoms with E-state index in [0.717, 1.165) is 16.9 Å². The maximum absolute atomic E-state index is 12.6. The van der Waals surface area contributed by atoms with E-state index in [4.69, 9.17) is 14.2 Å². The van der Waals surface area contributed by atoms with E-state index in [1.807, 2.05) is 36.4 Å². The van der Waals surface area contributed by atoms with E-state index in [2.05, 4.69) is 10.6 Å². The first-order chi connectivity index (χ1) is 15.5. The van der Waals surface area contributed by atoms with E-state index in [9.17, 15) is 14.4 Å². The molecule has 0 radical (unpaired) electrons. The fourth-order valence-electron chi connectivity index (χ4n) is 3.63. The van der Waals surface area contributed by atoms with Crippen molar-refractivity contribution in [1.29, 1.82) is 0 Å². The highest BCUT2D eigenvalue weighted by Crippen LogP contribution is 2.32. The Labute approximate surface area is 185 Å². The number of carbonyl (C=O) groups excluding carboxylic acids is 3. The number of rotatable bonds is 9. The highest BCUT2D eigenvalue weighted by molar-refractivity contribution is 6.04. The molecule has 2 aliphatic heterocycles. The van der Waals surface area contributed by atoms with Crippen molar-refractivity contribution >= 4 is 17.8 Å². The minimum absolute atomic E-state index is 0.132. The molecule has 9 nitrogen and oxygen atoms in total. The third-order valence-electron chi connectivity index (χ3n) is 5.48. The summed E-state index contributed by atoms with van der Waals surface area (Å²) < 4.78 is 15.7. The molecule has 0 spiro atoms. The van der Waals surface area contributed by atoms with Crippen LogP contribution in [0.3, 0.4) is 0 Å². The monoisotopic (exact) mass is 439 g/mol. The van der Waals surface area contributed by atoms with E-state index < -0.39 is 12.1 Å². The average molecular weight is 439 g/mol. The topological polar surface area (TPSA) is 106 Å². The van der Waals surface area contributed by atoms with Gasteiger partial charge in [-0.1, -0.05) is 18.2 Å². The first-order valence-corrected chi connectivity index (χ1v) is 10.4. The molecular formula is C23H25N3O6. The summed E-state index contributed by atoms with van der Waals surface area (Å²) in [6.07, 6.45) is 0.927. The van der Waals surface area contributed by atoms with Crippen LogP contribution in [0.15, 0.2) is 42.5 Å².